The molecule has 22 heavy (non-hydrogen) atoms. The Labute approximate surface area is 134 Å². The molecular formula is C16H28N2O3S. The summed E-state index contributed by atoms with van der Waals surface area (Å²) in [6.45, 7) is 7.06. The molecule has 0 amide bonds. The molecule has 1 fully saturated rings. The van der Waals surface area contributed by atoms with Crippen LogP contribution in [0.15, 0.2) is 24.0 Å². The number of nitrogens with zero attached hydrogens (tertiary/aromatic N) is 1. The molecule has 0 spiro atoms. The molecule has 5 nitrogen and oxygen atoms in total. The Bertz CT molecular complexity index is 520. The largest absolute Gasteiger partial charge is 0.493 e. The van der Waals surface area contributed by atoms with Crippen LogP contribution in [-0.4, -0.2) is 51.3 Å². The zero-order chi connectivity index (χ0) is 16.2. The van der Waals surface area contributed by atoms with Gasteiger partial charge in [0.2, 0.25) is 10.0 Å². The molecule has 0 aromatic carbocycles. The third-order valence-corrected chi connectivity index (χ3v) is 5.85. The predicted molar refractivity (Wildman–Crippen MR) is 88.9 cm³/mol. The summed E-state index contributed by atoms with van der Waals surface area (Å²) in [5.41, 5.74) is 0. The van der Waals surface area contributed by atoms with Crippen molar-refractivity contribution < 1.29 is 13.2 Å². The molecule has 0 aromatic rings. The second-order valence-corrected chi connectivity index (χ2v) is 8.37. The molecule has 1 N–H and O–H groups in total. The van der Waals surface area contributed by atoms with E-state index in [0.717, 1.165) is 25.1 Å². The first-order chi connectivity index (χ1) is 10.4. The van der Waals surface area contributed by atoms with Crippen LogP contribution in [0, 0.1) is 11.8 Å². The Morgan fingerprint density at radius 3 is 2.55 bits per heavy atom. The smallest absolute Gasteiger partial charge is 0.211 e. The van der Waals surface area contributed by atoms with Gasteiger partial charge in [0, 0.05) is 25.7 Å². The Morgan fingerprint density at radius 2 is 1.95 bits per heavy atom. The second kappa shape index (κ2) is 7.62. The highest BCUT2D eigenvalue weighted by molar-refractivity contribution is 7.88. The van der Waals surface area contributed by atoms with Crippen LogP contribution in [0.25, 0.3) is 0 Å². The quantitative estimate of drug-likeness (QED) is 0.755. The molecule has 1 aliphatic heterocycles. The molecule has 2 rings (SSSR count). The van der Waals surface area contributed by atoms with Crippen LogP contribution in [0.4, 0.5) is 0 Å². The number of ether oxygens (including phenoxy) is 1. The van der Waals surface area contributed by atoms with E-state index in [1.54, 1.807) is 4.31 Å². The molecule has 126 valence electrons. The Hall–Kier alpha value is -0.850. The summed E-state index contributed by atoms with van der Waals surface area (Å²) < 4.78 is 30.2. The van der Waals surface area contributed by atoms with Gasteiger partial charge in [-0.05, 0) is 36.8 Å². The Balaban J connectivity index is 1.62. The third-order valence-electron chi connectivity index (χ3n) is 4.55. The van der Waals surface area contributed by atoms with Gasteiger partial charge in [0.1, 0.15) is 12.4 Å². The SMILES string of the molecule is C[C@@H]1C=C(OCCNC2CCN(S(C)(=O)=O)CC2)C=C[C@@H]1C. The van der Waals surface area contributed by atoms with E-state index in [9.17, 15) is 8.42 Å². The van der Waals surface area contributed by atoms with Gasteiger partial charge >= 0.3 is 0 Å². The van der Waals surface area contributed by atoms with E-state index in [0.29, 0.717) is 37.6 Å². The summed E-state index contributed by atoms with van der Waals surface area (Å²) in [6.07, 6.45) is 9.43. The van der Waals surface area contributed by atoms with Crippen LogP contribution in [0.3, 0.4) is 0 Å². The average molecular weight is 328 g/mol. The molecule has 0 bridgehead atoms. The molecule has 1 aliphatic carbocycles. The van der Waals surface area contributed by atoms with Crippen molar-refractivity contribution in [1.82, 2.24) is 9.62 Å². The number of hydrogen-bond donors (Lipinski definition) is 1. The van der Waals surface area contributed by atoms with Crippen LogP contribution in [0.5, 0.6) is 0 Å². The lowest BCUT2D eigenvalue weighted by Crippen LogP contribution is -2.45. The lowest BCUT2D eigenvalue weighted by molar-refractivity contribution is 0.205. The van der Waals surface area contributed by atoms with Gasteiger partial charge in [0.15, 0.2) is 0 Å². The Kier molecular flexibility index (Phi) is 6.06. The number of allylic oxidation sites excluding steroid dienone is 3. The topological polar surface area (TPSA) is 58.6 Å². The van der Waals surface area contributed by atoms with E-state index < -0.39 is 10.0 Å². The van der Waals surface area contributed by atoms with Gasteiger partial charge in [-0.15, -0.1) is 0 Å². The molecular weight excluding hydrogens is 300 g/mol. The first-order valence-corrected chi connectivity index (χ1v) is 9.92. The molecule has 1 saturated heterocycles. The molecule has 2 aliphatic rings. The van der Waals surface area contributed by atoms with Gasteiger partial charge in [-0.25, -0.2) is 12.7 Å². The summed E-state index contributed by atoms with van der Waals surface area (Å²) >= 11 is 0. The van der Waals surface area contributed by atoms with Crippen molar-refractivity contribution >= 4 is 10.0 Å². The number of piperidine rings is 1. The van der Waals surface area contributed by atoms with E-state index >= 15 is 0 Å². The fourth-order valence-electron chi connectivity index (χ4n) is 2.81. The van der Waals surface area contributed by atoms with Crippen molar-refractivity contribution in [3.05, 3.63) is 24.0 Å². The van der Waals surface area contributed by atoms with Crippen LogP contribution in [0.2, 0.25) is 0 Å². The van der Waals surface area contributed by atoms with E-state index in [1.807, 2.05) is 0 Å². The molecule has 1 heterocycles. The zero-order valence-corrected chi connectivity index (χ0v) is 14.6. The normalized spacial score (nSPS) is 27.7. The summed E-state index contributed by atoms with van der Waals surface area (Å²) in [5, 5.41) is 3.46. The highest BCUT2D eigenvalue weighted by Gasteiger charge is 2.24. The van der Waals surface area contributed by atoms with Gasteiger partial charge in [-0.1, -0.05) is 19.9 Å². The Morgan fingerprint density at radius 1 is 1.27 bits per heavy atom. The van der Waals surface area contributed by atoms with Crippen molar-refractivity contribution in [3.63, 3.8) is 0 Å². The number of nitrogens with one attached hydrogen (secondary N) is 1. The standard InChI is InChI=1S/C16H28N2O3S/c1-13-4-5-16(12-14(13)2)21-11-8-17-15-6-9-18(10-7-15)22(3,19)20/h4-5,12-15,17H,6-11H2,1-3H3/t13-,14+/m0/s1. The summed E-state index contributed by atoms with van der Waals surface area (Å²) in [6, 6.07) is 0.386. The molecule has 0 unspecified atom stereocenters. The van der Waals surface area contributed by atoms with Crippen LogP contribution < -0.4 is 5.32 Å². The highest BCUT2D eigenvalue weighted by atomic mass is 32.2. The van der Waals surface area contributed by atoms with E-state index in [2.05, 4.69) is 37.4 Å². The van der Waals surface area contributed by atoms with E-state index in [-0.39, 0.29) is 0 Å². The lowest BCUT2D eigenvalue weighted by Gasteiger charge is -2.30. The van der Waals surface area contributed by atoms with E-state index in [4.69, 9.17) is 4.74 Å². The molecule has 0 saturated carbocycles. The first kappa shape index (κ1) is 17.5. The van der Waals surface area contributed by atoms with Crippen molar-refractivity contribution in [1.29, 1.82) is 0 Å². The maximum absolute atomic E-state index is 11.5. The number of sulfonamides is 1. The van der Waals surface area contributed by atoms with Gasteiger partial charge in [-0.3, -0.25) is 0 Å². The summed E-state index contributed by atoms with van der Waals surface area (Å²) in [4.78, 5) is 0. The summed E-state index contributed by atoms with van der Waals surface area (Å²) in [7, 11) is -3.03. The maximum Gasteiger partial charge on any atom is 0.211 e. The average Bonchev–Trinajstić information content (AvgIpc) is 2.47. The van der Waals surface area contributed by atoms with Gasteiger partial charge in [0.25, 0.3) is 0 Å². The second-order valence-electron chi connectivity index (χ2n) is 6.39. The minimum atomic E-state index is -3.03. The molecule has 2 atom stereocenters. The summed E-state index contributed by atoms with van der Waals surface area (Å²) in [5.74, 6) is 2.05. The third kappa shape index (κ3) is 5.11. The van der Waals surface area contributed by atoms with Crippen molar-refractivity contribution in [2.24, 2.45) is 11.8 Å². The fraction of sp³-hybridized carbons (Fsp3) is 0.750. The monoisotopic (exact) mass is 328 g/mol. The number of rotatable bonds is 6. The van der Waals surface area contributed by atoms with Gasteiger partial charge in [-0.2, -0.15) is 0 Å². The van der Waals surface area contributed by atoms with Crippen molar-refractivity contribution in [2.75, 3.05) is 32.5 Å². The molecule has 0 aromatic heterocycles. The fourth-order valence-corrected chi connectivity index (χ4v) is 3.68. The van der Waals surface area contributed by atoms with Crippen LogP contribution in [0.1, 0.15) is 26.7 Å². The van der Waals surface area contributed by atoms with Crippen molar-refractivity contribution in [2.45, 2.75) is 32.7 Å². The van der Waals surface area contributed by atoms with Crippen molar-refractivity contribution in [3.8, 4) is 0 Å². The maximum atomic E-state index is 11.5. The van der Waals surface area contributed by atoms with Gasteiger partial charge in [0.05, 0.1) is 6.26 Å². The minimum Gasteiger partial charge on any atom is -0.493 e. The first-order valence-electron chi connectivity index (χ1n) is 8.07. The van der Waals surface area contributed by atoms with Crippen LogP contribution in [-0.2, 0) is 14.8 Å². The molecule has 0 radical (unpaired) electrons. The minimum absolute atomic E-state index is 0.386. The van der Waals surface area contributed by atoms with E-state index in [1.165, 1.54) is 6.26 Å². The van der Waals surface area contributed by atoms with Crippen LogP contribution >= 0.6 is 0 Å². The lowest BCUT2D eigenvalue weighted by atomic mass is 9.91. The zero-order valence-electron chi connectivity index (χ0n) is 13.8. The van der Waals surface area contributed by atoms with Gasteiger partial charge < -0.3 is 10.1 Å². The highest BCUT2D eigenvalue weighted by Crippen LogP contribution is 2.22. The number of hydrogen-bond acceptors (Lipinski definition) is 4. The predicted octanol–water partition coefficient (Wildman–Crippen LogP) is 1.74. The molecule has 6 heteroatoms.